The van der Waals surface area contributed by atoms with Gasteiger partial charge in [0.25, 0.3) is 5.22 Å². The first-order valence-corrected chi connectivity index (χ1v) is 7.42. The van der Waals surface area contributed by atoms with E-state index < -0.39 is 0 Å². The minimum absolute atomic E-state index is 0.0625. The van der Waals surface area contributed by atoms with Crippen molar-refractivity contribution in [1.82, 2.24) is 15.5 Å². The SMILES string of the molecule is CC(C)NC(=O)CSc1nnc(-c2cccc(Cl)c2)o1. The molecule has 0 fully saturated rings. The van der Waals surface area contributed by atoms with Gasteiger partial charge in [-0.25, -0.2) is 0 Å². The number of hydrogen-bond donors (Lipinski definition) is 1. The number of nitrogens with zero attached hydrogens (tertiary/aromatic N) is 2. The number of nitrogens with one attached hydrogen (secondary N) is 1. The molecule has 2 rings (SSSR count). The third-order valence-electron chi connectivity index (χ3n) is 2.25. The van der Waals surface area contributed by atoms with Crippen molar-refractivity contribution in [1.29, 1.82) is 0 Å². The Morgan fingerprint density at radius 3 is 2.95 bits per heavy atom. The number of amides is 1. The summed E-state index contributed by atoms with van der Waals surface area (Å²) in [6, 6.07) is 7.28. The van der Waals surface area contributed by atoms with E-state index in [-0.39, 0.29) is 17.7 Å². The number of halogens is 1. The molecule has 1 aromatic carbocycles. The predicted octanol–water partition coefficient (Wildman–Crippen LogP) is 3.01. The zero-order chi connectivity index (χ0) is 14.5. The average molecular weight is 312 g/mol. The lowest BCUT2D eigenvalue weighted by molar-refractivity contribution is -0.119. The van der Waals surface area contributed by atoms with Crippen molar-refractivity contribution < 1.29 is 9.21 Å². The van der Waals surface area contributed by atoms with Crippen molar-refractivity contribution in [2.75, 3.05) is 5.75 Å². The van der Waals surface area contributed by atoms with Gasteiger partial charge in [0.1, 0.15) is 0 Å². The highest BCUT2D eigenvalue weighted by molar-refractivity contribution is 7.99. The highest BCUT2D eigenvalue weighted by atomic mass is 35.5. The number of hydrogen-bond acceptors (Lipinski definition) is 5. The predicted molar refractivity (Wildman–Crippen MR) is 78.7 cm³/mol. The van der Waals surface area contributed by atoms with E-state index in [4.69, 9.17) is 16.0 Å². The second kappa shape index (κ2) is 6.76. The summed E-state index contributed by atoms with van der Waals surface area (Å²) in [5.74, 6) is 0.571. The molecular weight excluding hydrogens is 298 g/mol. The Balaban J connectivity index is 1.97. The van der Waals surface area contributed by atoms with Crippen LogP contribution >= 0.6 is 23.4 Å². The monoisotopic (exact) mass is 311 g/mol. The number of rotatable bonds is 5. The number of thioether (sulfide) groups is 1. The summed E-state index contributed by atoms with van der Waals surface area (Å²) in [4.78, 5) is 11.5. The van der Waals surface area contributed by atoms with Gasteiger partial charge in [-0.3, -0.25) is 4.79 Å². The summed E-state index contributed by atoms with van der Waals surface area (Å²) >= 11 is 7.11. The molecule has 0 radical (unpaired) electrons. The van der Waals surface area contributed by atoms with Crippen LogP contribution in [0.25, 0.3) is 11.5 Å². The molecule has 0 aliphatic heterocycles. The largest absolute Gasteiger partial charge is 0.411 e. The van der Waals surface area contributed by atoms with Crippen molar-refractivity contribution in [3.05, 3.63) is 29.3 Å². The van der Waals surface area contributed by atoms with E-state index in [1.807, 2.05) is 26.0 Å². The minimum atomic E-state index is -0.0625. The molecule has 0 aliphatic carbocycles. The van der Waals surface area contributed by atoms with E-state index in [0.717, 1.165) is 5.56 Å². The van der Waals surface area contributed by atoms with Gasteiger partial charge in [-0.1, -0.05) is 29.4 Å². The van der Waals surface area contributed by atoms with Crippen LogP contribution in [-0.4, -0.2) is 27.9 Å². The van der Waals surface area contributed by atoms with Crippen LogP contribution in [0.5, 0.6) is 0 Å². The van der Waals surface area contributed by atoms with Crippen LogP contribution in [0, 0.1) is 0 Å². The molecule has 7 heteroatoms. The fraction of sp³-hybridized carbons (Fsp3) is 0.308. The fourth-order valence-corrected chi connectivity index (χ4v) is 2.26. The quantitative estimate of drug-likeness (QED) is 0.860. The van der Waals surface area contributed by atoms with Gasteiger partial charge in [0.05, 0.1) is 5.75 Å². The molecule has 1 aromatic heterocycles. The molecule has 2 aromatic rings. The average Bonchev–Trinajstić information content (AvgIpc) is 2.84. The molecule has 20 heavy (non-hydrogen) atoms. The molecule has 1 heterocycles. The van der Waals surface area contributed by atoms with E-state index in [1.165, 1.54) is 11.8 Å². The van der Waals surface area contributed by atoms with Crippen LogP contribution in [0.4, 0.5) is 0 Å². The van der Waals surface area contributed by atoms with Crippen molar-refractivity contribution >= 4 is 29.3 Å². The lowest BCUT2D eigenvalue weighted by Crippen LogP contribution is -2.31. The summed E-state index contributed by atoms with van der Waals surface area (Å²) in [5, 5.41) is 11.6. The standard InChI is InChI=1S/C13H14ClN3O2S/c1-8(2)15-11(18)7-20-13-17-16-12(19-13)9-4-3-5-10(14)6-9/h3-6,8H,7H2,1-2H3,(H,15,18). The second-order valence-electron chi connectivity index (χ2n) is 4.39. The van der Waals surface area contributed by atoms with Crippen molar-refractivity contribution in [3.63, 3.8) is 0 Å². The Bertz CT molecular complexity index is 601. The molecule has 0 atom stereocenters. The Morgan fingerprint density at radius 2 is 2.25 bits per heavy atom. The van der Waals surface area contributed by atoms with Gasteiger partial charge in [0, 0.05) is 16.6 Å². The smallest absolute Gasteiger partial charge is 0.277 e. The molecule has 0 spiro atoms. The first-order valence-electron chi connectivity index (χ1n) is 6.06. The summed E-state index contributed by atoms with van der Waals surface area (Å²) < 4.78 is 5.48. The van der Waals surface area contributed by atoms with Crippen LogP contribution in [0.15, 0.2) is 33.9 Å². The summed E-state index contributed by atoms with van der Waals surface area (Å²) in [6.07, 6.45) is 0. The van der Waals surface area contributed by atoms with E-state index in [1.54, 1.807) is 12.1 Å². The van der Waals surface area contributed by atoms with Crippen molar-refractivity contribution in [2.24, 2.45) is 0 Å². The Labute approximate surface area is 126 Å². The van der Waals surface area contributed by atoms with E-state index in [0.29, 0.717) is 16.1 Å². The highest BCUT2D eigenvalue weighted by Crippen LogP contribution is 2.24. The molecule has 5 nitrogen and oxygen atoms in total. The minimum Gasteiger partial charge on any atom is -0.411 e. The van der Waals surface area contributed by atoms with Crippen LogP contribution in [0.2, 0.25) is 5.02 Å². The highest BCUT2D eigenvalue weighted by Gasteiger charge is 2.11. The van der Waals surface area contributed by atoms with Gasteiger partial charge in [-0.15, -0.1) is 10.2 Å². The molecule has 0 saturated heterocycles. The van der Waals surface area contributed by atoms with Gasteiger partial charge in [0.2, 0.25) is 11.8 Å². The number of aromatic nitrogens is 2. The maximum atomic E-state index is 11.5. The van der Waals surface area contributed by atoms with Gasteiger partial charge in [-0.05, 0) is 32.0 Å². The third-order valence-corrected chi connectivity index (χ3v) is 3.31. The maximum absolute atomic E-state index is 11.5. The molecule has 0 unspecified atom stereocenters. The molecule has 1 N–H and O–H groups in total. The van der Waals surface area contributed by atoms with E-state index in [9.17, 15) is 4.79 Å². The van der Waals surface area contributed by atoms with Crippen LogP contribution < -0.4 is 5.32 Å². The number of carbonyl (C=O) groups excluding carboxylic acids is 1. The lowest BCUT2D eigenvalue weighted by atomic mass is 10.2. The second-order valence-corrected chi connectivity index (χ2v) is 5.76. The molecule has 106 valence electrons. The van der Waals surface area contributed by atoms with Crippen molar-refractivity contribution in [2.45, 2.75) is 25.1 Å². The lowest BCUT2D eigenvalue weighted by Gasteiger charge is -2.06. The summed E-state index contributed by atoms with van der Waals surface area (Å²) in [7, 11) is 0. The molecule has 0 aliphatic rings. The van der Waals surface area contributed by atoms with Gasteiger partial charge >= 0.3 is 0 Å². The Morgan fingerprint density at radius 1 is 1.45 bits per heavy atom. The Hall–Kier alpha value is -1.53. The number of carbonyl (C=O) groups is 1. The van der Waals surface area contributed by atoms with Crippen LogP contribution in [0.3, 0.4) is 0 Å². The first kappa shape index (κ1) is 14.9. The van der Waals surface area contributed by atoms with Gasteiger partial charge in [-0.2, -0.15) is 0 Å². The third kappa shape index (κ3) is 4.25. The summed E-state index contributed by atoms with van der Waals surface area (Å²) in [5.41, 5.74) is 0.753. The van der Waals surface area contributed by atoms with Crippen molar-refractivity contribution in [3.8, 4) is 11.5 Å². The zero-order valence-corrected chi connectivity index (χ0v) is 12.7. The van der Waals surface area contributed by atoms with Gasteiger partial charge in [0.15, 0.2) is 0 Å². The van der Waals surface area contributed by atoms with Crippen LogP contribution in [-0.2, 0) is 4.79 Å². The van der Waals surface area contributed by atoms with Crippen LogP contribution in [0.1, 0.15) is 13.8 Å². The zero-order valence-electron chi connectivity index (χ0n) is 11.1. The van der Waals surface area contributed by atoms with E-state index >= 15 is 0 Å². The summed E-state index contributed by atoms with van der Waals surface area (Å²) in [6.45, 7) is 3.82. The molecular formula is C13H14ClN3O2S. The number of benzene rings is 1. The first-order chi connectivity index (χ1) is 9.54. The van der Waals surface area contributed by atoms with Gasteiger partial charge < -0.3 is 9.73 Å². The normalized spacial score (nSPS) is 10.8. The molecule has 1 amide bonds. The Kier molecular flexibility index (Phi) is 5.03. The van der Waals surface area contributed by atoms with E-state index in [2.05, 4.69) is 15.5 Å². The topological polar surface area (TPSA) is 68.0 Å². The fourth-order valence-electron chi connectivity index (χ4n) is 1.50. The maximum Gasteiger partial charge on any atom is 0.277 e. The molecule has 0 bridgehead atoms. The molecule has 0 saturated carbocycles.